The van der Waals surface area contributed by atoms with E-state index >= 15 is 0 Å². The van der Waals surface area contributed by atoms with Crippen molar-refractivity contribution in [2.75, 3.05) is 17.7 Å². The lowest BCUT2D eigenvalue weighted by molar-refractivity contribution is -0.116. The maximum Gasteiger partial charge on any atom is 0.340 e. The molecule has 0 radical (unpaired) electrons. The Morgan fingerprint density at radius 2 is 2.07 bits per heavy atom. The van der Waals surface area contributed by atoms with Crippen molar-refractivity contribution in [2.24, 2.45) is 0 Å². The van der Waals surface area contributed by atoms with Gasteiger partial charge in [0.25, 0.3) is 5.91 Å². The number of methoxy groups -OCH3 is 1. The van der Waals surface area contributed by atoms with Crippen LogP contribution in [0.1, 0.15) is 27.1 Å². The molecule has 3 aromatic rings. The zero-order valence-corrected chi connectivity index (χ0v) is 15.9. The molecule has 0 saturated carbocycles. The molecule has 2 amide bonds. The highest BCUT2D eigenvalue weighted by Gasteiger charge is 2.16. The second-order valence-electron chi connectivity index (χ2n) is 5.79. The zero-order valence-electron chi connectivity index (χ0n) is 15.0. The van der Waals surface area contributed by atoms with Crippen LogP contribution in [-0.2, 0) is 16.1 Å². The van der Waals surface area contributed by atoms with Crippen LogP contribution >= 0.6 is 11.3 Å². The van der Waals surface area contributed by atoms with Crippen LogP contribution in [0.2, 0.25) is 0 Å². The van der Waals surface area contributed by atoms with Crippen molar-refractivity contribution < 1.29 is 19.1 Å². The molecule has 0 aliphatic carbocycles. The van der Waals surface area contributed by atoms with Gasteiger partial charge in [0, 0.05) is 36.6 Å². The van der Waals surface area contributed by atoms with Gasteiger partial charge in [0.1, 0.15) is 5.00 Å². The van der Waals surface area contributed by atoms with Crippen LogP contribution in [0, 0.1) is 0 Å². The van der Waals surface area contributed by atoms with Gasteiger partial charge in [-0.3, -0.25) is 9.59 Å². The van der Waals surface area contributed by atoms with E-state index in [2.05, 4.69) is 15.6 Å². The van der Waals surface area contributed by atoms with E-state index in [1.807, 2.05) is 4.57 Å². The van der Waals surface area contributed by atoms with E-state index < -0.39 is 5.97 Å². The standard InChI is InChI=1S/C19H18N4O4S/c1-27-19(26)15-6-10-28-18(15)22-17(25)13-3-2-4-14(11-13)21-16(24)5-8-23-9-7-20-12-23/h2-4,6-7,9-12H,5,8H2,1H3,(H,21,24)(H,22,25). The summed E-state index contributed by atoms with van der Waals surface area (Å²) in [6.07, 6.45) is 5.36. The Hall–Kier alpha value is -3.46. The summed E-state index contributed by atoms with van der Waals surface area (Å²) in [5.74, 6) is -1.07. The lowest BCUT2D eigenvalue weighted by Gasteiger charge is -2.09. The fourth-order valence-corrected chi connectivity index (χ4v) is 3.23. The summed E-state index contributed by atoms with van der Waals surface area (Å²) in [7, 11) is 1.28. The van der Waals surface area contributed by atoms with Crippen molar-refractivity contribution in [2.45, 2.75) is 13.0 Å². The number of aryl methyl sites for hydroxylation is 1. The van der Waals surface area contributed by atoms with Crippen molar-refractivity contribution in [3.05, 3.63) is 65.6 Å². The monoisotopic (exact) mass is 398 g/mol. The normalized spacial score (nSPS) is 10.3. The molecule has 0 fully saturated rings. The predicted molar refractivity (Wildman–Crippen MR) is 106 cm³/mol. The molecule has 0 aliphatic heterocycles. The van der Waals surface area contributed by atoms with Gasteiger partial charge in [0.2, 0.25) is 5.91 Å². The van der Waals surface area contributed by atoms with Crippen LogP contribution < -0.4 is 10.6 Å². The van der Waals surface area contributed by atoms with Crippen LogP contribution in [-0.4, -0.2) is 34.4 Å². The number of thiophene rings is 1. The lowest BCUT2D eigenvalue weighted by Crippen LogP contribution is -2.16. The van der Waals surface area contributed by atoms with E-state index in [9.17, 15) is 14.4 Å². The highest BCUT2D eigenvalue weighted by Crippen LogP contribution is 2.25. The summed E-state index contributed by atoms with van der Waals surface area (Å²) in [5.41, 5.74) is 1.17. The highest BCUT2D eigenvalue weighted by molar-refractivity contribution is 7.14. The molecule has 9 heteroatoms. The molecule has 3 rings (SSSR count). The molecule has 0 spiro atoms. The van der Waals surface area contributed by atoms with Crippen molar-refractivity contribution in [3.63, 3.8) is 0 Å². The zero-order chi connectivity index (χ0) is 19.9. The predicted octanol–water partition coefficient (Wildman–Crippen LogP) is 3.01. The van der Waals surface area contributed by atoms with Crippen LogP contribution in [0.25, 0.3) is 0 Å². The third-order valence-electron chi connectivity index (χ3n) is 3.86. The molecule has 8 nitrogen and oxygen atoms in total. The van der Waals surface area contributed by atoms with Gasteiger partial charge in [-0.1, -0.05) is 6.07 Å². The summed E-state index contributed by atoms with van der Waals surface area (Å²) in [4.78, 5) is 40.3. The van der Waals surface area contributed by atoms with Crippen molar-refractivity contribution in [1.82, 2.24) is 9.55 Å². The number of hydrogen-bond donors (Lipinski definition) is 2. The first-order valence-electron chi connectivity index (χ1n) is 8.39. The topological polar surface area (TPSA) is 102 Å². The van der Waals surface area contributed by atoms with Gasteiger partial charge in [0.05, 0.1) is 19.0 Å². The maximum atomic E-state index is 12.5. The van der Waals surface area contributed by atoms with Gasteiger partial charge < -0.3 is 19.9 Å². The second-order valence-corrected chi connectivity index (χ2v) is 6.70. The Morgan fingerprint density at radius 3 is 2.82 bits per heavy atom. The van der Waals surface area contributed by atoms with E-state index in [4.69, 9.17) is 4.74 Å². The molecular weight excluding hydrogens is 380 g/mol. The fraction of sp³-hybridized carbons (Fsp3) is 0.158. The third-order valence-corrected chi connectivity index (χ3v) is 4.69. The smallest absolute Gasteiger partial charge is 0.340 e. The number of nitrogens with zero attached hydrogens (tertiary/aromatic N) is 2. The Morgan fingerprint density at radius 1 is 1.21 bits per heavy atom. The summed E-state index contributed by atoms with van der Waals surface area (Å²) in [6.45, 7) is 0.515. The highest BCUT2D eigenvalue weighted by atomic mass is 32.1. The number of nitrogens with one attached hydrogen (secondary N) is 2. The number of carbonyl (C=O) groups is 3. The van der Waals surface area contributed by atoms with Crippen LogP contribution in [0.5, 0.6) is 0 Å². The maximum absolute atomic E-state index is 12.5. The largest absolute Gasteiger partial charge is 0.465 e. The van der Waals surface area contributed by atoms with Crippen molar-refractivity contribution in [1.29, 1.82) is 0 Å². The Balaban J connectivity index is 1.62. The summed E-state index contributed by atoms with van der Waals surface area (Å²) in [6, 6.07) is 8.17. The number of anilines is 2. The molecule has 2 aromatic heterocycles. The molecule has 28 heavy (non-hydrogen) atoms. The van der Waals surface area contributed by atoms with E-state index in [1.54, 1.807) is 54.4 Å². The molecule has 2 N–H and O–H groups in total. The SMILES string of the molecule is COC(=O)c1ccsc1NC(=O)c1cccc(NC(=O)CCn2ccnc2)c1. The first kappa shape index (κ1) is 19.3. The molecule has 144 valence electrons. The number of esters is 1. The van der Waals surface area contributed by atoms with Crippen LogP contribution in [0.15, 0.2) is 54.4 Å². The van der Waals surface area contributed by atoms with Gasteiger partial charge in [-0.2, -0.15) is 0 Å². The first-order chi connectivity index (χ1) is 13.6. The minimum atomic E-state index is -0.518. The Bertz CT molecular complexity index is 982. The minimum absolute atomic E-state index is 0.169. The van der Waals surface area contributed by atoms with Crippen molar-refractivity contribution >= 4 is 39.8 Å². The van der Waals surface area contributed by atoms with E-state index in [-0.39, 0.29) is 18.2 Å². The Labute approximate surface area is 165 Å². The van der Waals surface area contributed by atoms with Gasteiger partial charge in [-0.15, -0.1) is 11.3 Å². The molecule has 0 unspecified atom stereocenters. The number of aromatic nitrogens is 2. The number of benzene rings is 1. The summed E-state index contributed by atoms with van der Waals surface area (Å²) >= 11 is 1.23. The second kappa shape index (κ2) is 8.96. The summed E-state index contributed by atoms with van der Waals surface area (Å²) < 4.78 is 6.51. The molecule has 1 aromatic carbocycles. The number of hydrogen-bond acceptors (Lipinski definition) is 6. The van der Waals surface area contributed by atoms with Gasteiger partial charge in [-0.25, -0.2) is 9.78 Å². The molecule has 2 heterocycles. The molecule has 0 bridgehead atoms. The molecule has 0 atom stereocenters. The third kappa shape index (κ3) is 4.83. The average Bonchev–Trinajstić information content (AvgIpc) is 3.38. The average molecular weight is 398 g/mol. The Kier molecular flexibility index (Phi) is 6.18. The quantitative estimate of drug-likeness (QED) is 0.596. The number of rotatable bonds is 7. The summed E-state index contributed by atoms with van der Waals surface area (Å²) in [5, 5.41) is 7.58. The van der Waals surface area contributed by atoms with E-state index in [1.165, 1.54) is 18.4 Å². The van der Waals surface area contributed by atoms with Gasteiger partial charge in [-0.05, 0) is 29.6 Å². The van der Waals surface area contributed by atoms with Gasteiger partial charge >= 0.3 is 5.97 Å². The van der Waals surface area contributed by atoms with Crippen LogP contribution in [0.4, 0.5) is 10.7 Å². The molecular formula is C19H18N4O4S. The van der Waals surface area contributed by atoms with E-state index in [0.717, 1.165) is 0 Å². The molecule has 0 saturated heterocycles. The molecule has 0 aliphatic rings. The van der Waals surface area contributed by atoms with Gasteiger partial charge in [0.15, 0.2) is 0 Å². The van der Waals surface area contributed by atoms with Crippen molar-refractivity contribution in [3.8, 4) is 0 Å². The van der Waals surface area contributed by atoms with Crippen LogP contribution in [0.3, 0.4) is 0 Å². The number of carbonyl (C=O) groups excluding carboxylic acids is 3. The first-order valence-corrected chi connectivity index (χ1v) is 9.27. The number of amides is 2. The lowest BCUT2D eigenvalue weighted by atomic mass is 10.2. The number of imidazole rings is 1. The minimum Gasteiger partial charge on any atom is -0.465 e. The van der Waals surface area contributed by atoms with E-state index in [0.29, 0.717) is 28.4 Å². The number of ether oxygens (including phenoxy) is 1. The fourth-order valence-electron chi connectivity index (χ4n) is 2.46.